The van der Waals surface area contributed by atoms with Gasteiger partial charge in [0, 0.05) is 0 Å². The summed E-state index contributed by atoms with van der Waals surface area (Å²) in [6.45, 7) is 0.240. The molecule has 110 valence electrons. The maximum Gasteiger partial charge on any atom is 0.157 e. The van der Waals surface area contributed by atoms with E-state index in [-0.39, 0.29) is 6.61 Å². The Kier molecular flexibility index (Phi) is 5.59. The van der Waals surface area contributed by atoms with Crippen molar-refractivity contribution in [2.24, 2.45) is 5.16 Å². The van der Waals surface area contributed by atoms with Crippen LogP contribution in [0, 0.1) is 0 Å². The van der Waals surface area contributed by atoms with E-state index in [0.717, 1.165) is 5.56 Å². The molecule has 0 aromatic heterocycles. The largest absolute Gasteiger partial charge is 0.486 e. The minimum atomic E-state index is 0.240. The van der Waals surface area contributed by atoms with Crippen LogP contribution >= 0.6 is 46.4 Å². The zero-order chi connectivity index (χ0) is 15.4. The van der Waals surface area contributed by atoms with Crippen LogP contribution in [0.2, 0.25) is 20.1 Å². The number of oxime groups is 1. The van der Waals surface area contributed by atoms with Gasteiger partial charge >= 0.3 is 0 Å². The molecule has 0 aliphatic heterocycles. The quantitative estimate of drug-likeness (QED) is 0.430. The van der Waals surface area contributed by atoms with E-state index in [2.05, 4.69) is 5.16 Å². The van der Waals surface area contributed by atoms with Gasteiger partial charge in [-0.15, -0.1) is 0 Å². The first-order chi connectivity index (χ1) is 10.0. The van der Waals surface area contributed by atoms with E-state index in [4.69, 9.17) is 56.3 Å². The SMILES string of the molecule is O/N=C\c1cc(Cl)c(OCc2ccc(Cl)c(Cl)c2)c(Cl)c1. The van der Waals surface area contributed by atoms with Gasteiger partial charge in [-0.05, 0) is 35.4 Å². The van der Waals surface area contributed by atoms with Crippen LogP contribution in [0.15, 0.2) is 35.5 Å². The Labute approximate surface area is 141 Å². The van der Waals surface area contributed by atoms with E-state index < -0.39 is 0 Å². The summed E-state index contributed by atoms with van der Waals surface area (Å²) >= 11 is 24.0. The third-order valence-electron chi connectivity index (χ3n) is 2.59. The van der Waals surface area contributed by atoms with Gasteiger partial charge < -0.3 is 9.94 Å². The second kappa shape index (κ2) is 7.23. The third kappa shape index (κ3) is 4.17. The Morgan fingerprint density at radius 1 is 0.952 bits per heavy atom. The first-order valence-corrected chi connectivity index (χ1v) is 7.25. The summed E-state index contributed by atoms with van der Waals surface area (Å²) in [6.07, 6.45) is 1.22. The van der Waals surface area contributed by atoms with Crippen LogP contribution in [0.3, 0.4) is 0 Å². The summed E-state index contributed by atoms with van der Waals surface area (Å²) in [5, 5.41) is 13.0. The summed E-state index contributed by atoms with van der Waals surface area (Å²) in [4.78, 5) is 0. The van der Waals surface area contributed by atoms with E-state index in [9.17, 15) is 0 Å². The van der Waals surface area contributed by atoms with Gasteiger partial charge in [0.1, 0.15) is 6.61 Å². The average molecular weight is 365 g/mol. The predicted molar refractivity (Wildman–Crippen MR) is 86.6 cm³/mol. The van der Waals surface area contributed by atoms with Crippen molar-refractivity contribution in [2.75, 3.05) is 0 Å². The van der Waals surface area contributed by atoms with Gasteiger partial charge in [0.15, 0.2) is 5.75 Å². The lowest BCUT2D eigenvalue weighted by atomic mass is 10.2. The molecular weight excluding hydrogens is 356 g/mol. The van der Waals surface area contributed by atoms with Gasteiger partial charge in [-0.3, -0.25) is 0 Å². The molecule has 0 aliphatic carbocycles. The van der Waals surface area contributed by atoms with Crippen molar-refractivity contribution in [3.63, 3.8) is 0 Å². The molecular formula is C14H9Cl4NO2. The van der Waals surface area contributed by atoms with E-state index >= 15 is 0 Å². The number of rotatable bonds is 4. The highest BCUT2D eigenvalue weighted by Crippen LogP contribution is 2.34. The smallest absolute Gasteiger partial charge is 0.157 e. The molecule has 0 radical (unpaired) electrons. The highest BCUT2D eigenvalue weighted by atomic mass is 35.5. The zero-order valence-electron chi connectivity index (χ0n) is 10.5. The van der Waals surface area contributed by atoms with Crippen molar-refractivity contribution in [1.29, 1.82) is 0 Å². The number of hydrogen-bond acceptors (Lipinski definition) is 3. The van der Waals surface area contributed by atoms with Crippen molar-refractivity contribution in [2.45, 2.75) is 6.61 Å². The summed E-state index contributed by atoms with van der Waals surface area (Å²) in [5.74, 6) is 0.347. The third-order valence-corrected chi connectivity index (χ3v) is 3.90. The van der Waals surface area contributed by atoms with Crippen molar-refractivity contribution in [3.05, 3.63) is 61.5 Å². The molecule has 1 N–H and O–H groups in total. The minimum absolute atomic E-state index is 0.240. The fraction of sp³-hybridized carbons (Fsp3) is 0.0714. The molecule has 7 heteroatoms. The van der Waals surface area contributed by atoms with Gasteiger partial charge in [0.05, 0.1) is 26.3 Å². The van der Waals surface area contributed by atoms with Crippen LogP contribution in [0.5, 0.6) is 5.75 Å². The van der Waals surface area contributed by atoms with Gasteiger partial charge in [-0.1, -0.05) is 57.6 Å². The Hall–Kier alpha value is -1.13. The summed E-state index contributed by atoms with van der Waals surface area (Å²) in [5.41, 5.74) is 1.40. The second-order valence-corrected chi connectivity index (χ2v) is 5.72. The molecule has 21 heavy (non-hydrogen) atoms. The molecule has 3 nitrogen and oxygen atoms in total. The van der Waals surface area contributed by atoms with Gasteiger partial charge in [-0.2, -0.15) is 0 Å². The van der Waals surface area contributed by atoms with E-state index in [1.807, 2.05) is 0 Å². The summed E-state index contributed by atoms with van der Waals surface area (Å²) < 4.78 is 5.61. The molecule has 0 heterocycles. The van der Waals surface area contributed by atoms with Crippen molar-refractivity contribution in [1.82, 2.24) is 0 Å². The van der Waals surface area contributed by atoms with E-state index in [0.29, 0.717) is 31.4 Å². The monoisotopic (exact) mass is 363 g/mol. The molecule has 0 atom stereocenters. The Bertz CT molecular complexity index is 666. The van der Waals surface area contributed by atoms with Crippen LogP contribution in [0.25, 0.3) is 0 Å². The van der Waals surface area contributed by atoms with Crippen LogP contribution in [0.1, 0.15) is 11.1 Å². The van der Waals surface area contributed by atoms with Gasteiger partial charge in [-0.25, -0.2) is 0 Å². The maximum atomic E-state index is 8.50. The first kappa shape index (κ1) is 16.2. The number of nitrogens with zero attached hydrogens (tertiary/aromatic N) is 1. The molecule has 2 rings (SSSR count). The minimum Gasteiger partial charge on any atom is -0.486 e. The Balaban J connectivity index is 2.18. The number of benzene rings is 2. The molecule has 2 aromatic carbocycles. The topological polar surface area (TPSA) is 41.8 Å². The lowest BCUT2D eigenvalue weighted by Gasteiger charge is -2.11. The molecule has 0 amide bonds. The highest BCUT2D eigenvalue weighted by molar-refractivity contribution is 6.42. The lowest BCUT2D eigenvalue weighted by Crippen LogP contribution is -1.97. The molecule has 2 aromatic rings. The van der Waals surface area contributed by atoms with Gasteiger partial charge in [0.2, 0.25) is 0 Å². The fourth-order valence-corrected chi connectivity index (χ4v) is 2.58. The van der Waals surface area contributed by atoms with Crippen molar-refractivity contribution in [3.8, 4) is 5.75 Å². The summed E-state index contributed by atoms with van der Waals surface area (Å²) in [7, 11) is 0. The van der Waals surface area contributed by atoms with Gasteiger partial charge in [0.25, 0.3) is 0 Å². The van der Waals surface area contributed by atoms with Crippen LogP contribution in [-0.4, -0.2) is 11.4 Å². The molecule has 0 spiro atoms. The molecule has 0 unspecified atom stereocenters. The lowest BCUT2D eigenvalue weighted by molar-refractivity contribution is 0.306. The number of ether oxygens (including phenoxy) is 1. The molecule has 0 saturated heterocycles. The fourth-order valence-electron chi connectivity index (χ4n) is 1.64. The van der Waals surface area contributed by atoms with Crippen LogP contribution < -0.4 is 4.74 Å². The van der Waals surface area contributed by atoms with Crippen LogP contribution in [0.4, 0.5) is 0 Å². The van der Waals surface area contributed by atoms with Crippen LogP contribution in [-0.2, 0) is 6.61 Å². The van der Waals surface area contributed by atoms with E-state index in [1.54, 1.807) is 30.3 Å². The molecule has 0 saturated carbocycles. The standard InChI is InChI=1S/C14H9Cl4NO2/c15-10-2-1-8(3-11(10)16)7-21-14-12(17)4-9(6-19-20)5-13(14)18/h1-6,20H,7H2/b19-6-. The number of hydrogen-bond donors (Lipinski definition) is 1. The maximum absolute atomic E-state index is 8.50. The first-order valence-electron chi connectivity index (χ1n) is 5.74. The second-order valence-electron chi connectivity index (χ2n) is 4.10. The van der Waals surface area contributed by atoms with E-state index in [1.165, 1.54) is 6.21 Å². The number of halogens is 4. The molecule has 0 bridgehead atoms. The van der Waals surface area contributed by atoms with Crippen molar-refractivity contribution >= 4 is 52.6 Å². The molecule has 0 fully saturated rings. The van der Waals surface area contributed by atoms with Crippen molar-refractivity contribution < 1.29 is 9.94 Å². The average Bonchev–Trinajstić information content (AvgIpc) is 2.42. The Morgan fingerprint density at radius 2 is 1.62 bits per heavy atom. The highest BCUT2D eigenvalue weighted by Gasteiger charge is 2.10. The predicted octanol–water partition coefficient (Wildman–Crippen LogP) is 5.69. The Morgan fingerprint density at radius 3 is 2.19 bits per heavy atom. The molecule has 0 aliphatic rings. The normalized spacial score (nSPS) is 11.0. The zero-order valence-corrected chi connectivity index (χ0v) is 13.5. The summed E-state index contributed by atoms with van der Waals surface area (Å²) in [6, 6.07) is 8.35.